The van der Waals surface area contributed by atoms with Gasteiger partial charge in [-0.05, 0) is 31.0 Å². The first kappa shape index (κ1) is 15.8. The second kappa shape index (κ2) is 7.00. The van der Waals surface area contributed by atoms with Gasteiger partial charge in [-0.25, -0.2) is 0 Å². The third-order valence-corrected chi connectivity index (χ3v) is 4.55. The fourth-order valence-electron chi connectivity index (χ4n) is 3.21. The minimum atomic E-state index is -0.108. The maximum absolute atomic E-state index is 12.3. The molecule has 2 aliphatic rings. The Labute approximate surface area is 135 Å². The van der Waals surface area contributed by atoms with Crippen molar-refractivity contribution in [2.45, 2.75) is 31.3 Å². The molecule has 2 heterocycles. The SMILES string of the molecule is COc1cccc(C(=O)NC2CCN([C@H]3CCOC3=O)CC2)c1. The summed E-state index contributed by atoms with van der Waals surface area (Å²) in [7, 11) is 1.58. The van der Waals surface area contributed by atoms with Gasteiger partial charge in [0, 0.05) is 31.1 Å². The second-order valence-corrected chi connectivity index (χ2v) is 5.99. The summed E-state index contributed by atoms with van der Waals surface area (Å²) in [6.07, 6.45) is 2.47. The van der Waals surface area contributed by atoms with Crippen LogP contribution in [0.15, 0.2) is 24.3 Å². The van der Waals surface area contributed by atoms with E-state index in [-0.39, 0.29) is 24.0 Å². The average molecular weight is 318 g/mol. The van der Waals surface area contributed by atoms with Crippen molar-refractivity contribution in [2.75, 3.05) is 26.8 Å². The molecule has 1 amide bonds. The first-order valence-corrected chi connectivity index (χ1v) is 8.03. The van der Waals surface area contributed by atoms with E-state index in [1.165, 1.54) is 0 Å². The highest BCUT2D eigenvalue weighted by molar-refractivity contribution is 5.94. The fraction of sp³-hybridized carbons (Fsp3) is 0.529. The highest BCUT2D eigenvalue weighted by Gasteiger charge is 2.34. The van der Waals surface area contributed by atoms with E-state index in [1.54, 1.807) is 19.2 Å². The standard InChI is InChI=1S/C17H22N2O4/c1-22-14-4-2-3-12(11-14)16(20)18-13-5-8-19(9-6-13)15-7-10-23-17(15)21/h2-4,11,13,15H,5-10H2,1H3,(H,18,20)/t15-/m0/s1. The number of hydrogen-bond acceptors (Lipinski definition) is 5. The van der Waals surface area contributed by atoms with Crippen LogP contribution in [0.25, 0.3) is 0 Å². The lowest BCUT2D eigenvalue weighted by Crippen LogP contribution is -2.49. The Balaban J connectivity index is 1.52. The zero-order chi connectivity index (χ0) is 16.2. The Morgan fingerprint density at radius 2 is 2.09 bits per heavy atom. The summed E-state index contributed by atoms with van der Waals surface area (Å²) in [4.78, 5) is 26.1. The molecule has 1 aromatic rings. The fourth-order valence-corrected chi connectivity index (χ4v) is 3.21. The van der Waals surface area contributed by atoms with Gasteiger partial charge in [0.1, 0.15) is 11.8 Å². The van der Waals surface area contributed by atoms with Crippen molar-refractivity contribution in [1.29, 1.82) is 0 Å². The molecular formula is C17H22N2O4. The van der Waals surface area contributed by atoms with E-state index in [9.17, 15) is 9.59 Å². The number of ether oxygens (including phenoxy) is 2. The van der Waals surface area contributed by atoms with Crippen molar-refractivity contribution in [2.24, 2.45) is 0 Å². The monoisotopic (exact) mass is 318 g/mol. The highest BCUT2D eigenvalue weighted by atomic mass is 16.5. The molecule has 0 bridgehead atoms. The summed E-state index contributed by atoms with van der Waals surface area (Å²) in [5, 5.41) is 3.07. The Bertz CT molecular complexity index is 582. The van der Waals surface area contributed by atoms with Gasteiger partial charge in [-0.1, -0.05) is 6.07 Å². The summed E-state index contributed by atoms with van der Waals surface area (Å²) in [5.74, 6) is 0.485. The molecular weight excluding hydrogens is 296 g/mol. The van der Waals surface area contributed by atoms with E-state index in [0.29, 0.717) is 17.9 Å². The number of rotatable bonds is 4. The van der Waals surface area contributed by atoms with Crippen LogP contribution >= 0.6 is 0 Å². The number of hydrogen-bond donors (Lipinski definition) is 1. The van der Waals surface area contributed by atoms with Gasteiger partial charge >= 0.3 is 5.97 Å². The normalized spacial score (nSPS) is 22.7. The zero-order valence-electron chi connectivity index (χ0n) is 13.3. The minimum absolute atomic E-state index is 0.0809. The average Bonchev–Trinajstić information content (AvgIpc) is 3.01. The number of esters is 1. The molecule has 1 N–H and O–H groups in total. The van der Waals surface area contributed by atoms with Crippen LogP contribution in [0.1, 0.15) is 29.6 Å². The van der Waals surface area contributed by atoms with Crippen LogP contribution in [-0.4, -0.2) is 55.7 Å². The molecule has 1 aromatic carbocycles. The Kier molecular flexibility index (Phi) is 4.81. The molecule has 23 heavy (non-hydrogen) atoms. The zero-order valence-corrected chi connectivity index (χ0v) is 13.3. The number of nitrogens with one attached hydrogen (secondary N) is 1. The maximum atomic E-state index is 12.3. The van der Waals surface area contributed by atoms with Gasteiger partial charge in [0.05, 0.1) is 13.7 Å². The molecule has 1 atom stereocenters. The van der Waals surface area contributed by atoms with Crippen LogP contribution in [-0.2, 0) is 9.53 Å². The number of amides is 1. The third kappa shape index (κ3) is 3.64. The maximum Gasteiger partial charge on any atom is 0.323 e. The lowest BCUT2D eigenvalue weighted by molar-refractivity contribution is -0.142. The molecule has 0 aromatic heterocycles. The third-order valence-electron chi connectivity index (χ3n) is 4.55. The van der Waals surface area contributed by atoms with E-state index in [0.717, 1.165) is 32.4 Å². The van der Waals surface area contributed by atoms with E-state index in [4.69, 9.17) is 9.47 Å². The molecule has 2 aliphatic heterocycles. The van der Waals surface area contributed by atoms with Crippen molar-refractivity contribution >= 4 is 11.9 Å². The van der Waals surface area contributed by atoms with Crippen molar-refractivity contribution < 1.29 is 19.1 Å². The van der Waals surface area contributed by atoms with Gasteiger partial charge in [0.15, 0.2) is 0 Å². The molecule has 6 nitrogen and oxygen atoms in total. The topological polar surface area (TPSA) is 67.9 Å². The first-order chi connectivity index (χ1) is 11.2. The van der Waals surface area contributed by atoms with E-state index in [1.807, 2.05) is 12.1 Å². The van der Waals surface area contributed by atoms with Crippen molar-refractivity contribution in [1.82, 2.24) is 10.2 Å². The predicted molar refractivity (Wildman–Crippen MR) is 84.4 cm³/mol. The van der Waals surface area contributed by atoms with Gasteiger partial charge in [0.2, 0.25) is 0 Å². The number of carbonyl (C=O) groups excluding carboxylic acids is 2. The molecule has 0 unspecified atom stereocenters. The Morgan fingerprint density at radius 1 is 1.30 bits per heavy atom. The molecule has 2 fully saturated rings. The molecule has 0 aliphatic carbocycles. The van der Waals surface area contributed by atoms with E-state index < -0.39 is 0 Å². The van der Waals surface area contributed by atoms with Gasteiger partial charge in [-0.2, -0.15) is 0 Å². The van der Waals surface area contributed by atoms with Gasteiger partial charge in [-0.3, -0.25) is 14.5 Å². The Hall–Kier alpha value is -2.08. The lowest BCUT2D eigenvalue weighted by Gasteiger charge is -2.34. The molecule has 0 saturated carbocycles. The predicted octanol–water partition coefficient (Wildman–Crippen LogP) is 1.20. The summed E-state index contributed by atoms with van der Waals surface area (Å²) in [6, 6.07) is 7.19. The number of methoxy groups -OCH3 is 1. The van der Waals surface area contributed by atoms with Crippen LogP contribution in [0.3, 0.4) is 0 Å². The molecule has 3 rings (SSSR count). The number of nitrogens with zero attached hydrogens (tertiary/aromatic N) is 1. The minimum Gasteiger partial charge on any atom is -0.497 e. The van der Waals surface area contributed by atoms with Crippen LogP contribution < -0.4 is 10.1 Å². The highest BCUT2D eigenvalue weighted by Crippen LogP contribution is 2.20. The number of cyclic esters (lactones) is 1. The van der Waals surface area contributed by atoms with Crippen LogP contribution in [0.4, 0.5) is 0 Å². The summed E-state index contributed by atoms with van der Waals surface area (Å²) in [5.41, 5.74) is 0.603. The Morgan fingerprint density at radius 3 is 2.74 bits per heavy atom. The smallest absolute Gasteiger partial charge is 0.323 e. The van der Waals surface area contributed by atoms with Gasteiger partial charge < -0.3 is 14.8 Å². The van der Waals surface area contributed by atoms with Gasteiger partial charge in [-0.15, -0.1) is 0 Å². The summed E-state index contributed by atoms with van der Waals surface area (Å²) < 4.78 is 10.2. The molecule has 2 saturated heterocycles. The van der Waals surface area contributed by atoms with Gasteiger partial charge in [0.25, 0.3) is 5.91 Å². The molecule has 0 spiro atoms. The van der Waals surface area contributed by atoms with E-state index >= 15 is 0 Å². The second-order valence-electron chi connectivity index (χ2n) is 5.99. The van der Waals surface area contributed by atoms with E-state index in [2.05, 4.69) is 10.2 Å². The van der Waals surface area contributed by atoms with Crippen molar-refractivity contribution in [3.8, 4) is 5.75 Å². The van der Waals surface area contributed by atoms with Crippen molar-refractivity contribution in [3.63, 3.8) is 0 Å². The van der Waals surface area contributed by atoms with Crippen LogP contribution in [0.2, 0.25) is 0 Å². The largest absolute Gasteiger partial charge is 0.497 e. The number of benzene rings is 1. The molecule has 6 heteroatoms. The van der Waals surface area contributed by atoms with Crippen molar-refractivity contribution in [3.05, 3.63) is 29.8 Å². The molecule has 124 valence electrons. The number of carbonyl (C=O) groups is 2. The lowest BCUT2D eigenvalue weighted by atomic mass is 10.0. The van der Waals surface area contributed by atoms with Crippen LogP contribution in [0, 0.1) is 0 Å². The first-order valence-electron chi connectivity index (χ1n) is 8.03. The number of likely N-dealkylation sites (tertiary alicyclic amines) is 1. The number of piperidine rings is 1. The quantitative estimate of drug-likeness (QED) is 0.845. The van der Waals surface area contributed by atoms with Crippen LogP contribution in [0.5, 0.6) is 5.75 Å². The summed E-state index contributed by atoms with van der Waals surface area (Å²) >= 11 is 0. The summed E-state index contributed by atoms with van der Waals surface area (Å²) in [6.45, 7) is 2.14. The molecule has 0 radical (unpaired) electrons.